The number of nitrogens with two attached hydrogens (primary N) is 1. The zero-order valence-corrected chi connectivity index (χ0v) is 15.3. The van der Waals surface area contributed by atoms with E-state index in [1.54, 1.807) is 0 Å². The molecule has 6 N–H and O–H groups in total. The standard InChI is InChI=1S/C21H20N6O/c1-12(26-27-13(2)22)14-6-7-17-15(10-14)11-20(24-17)21(28)25-19-5-3-4-18-16(19)8-9-23-18/h3-11,23-24,27H,2,22H2,1H3,(H,25,28)/b26-12-. The molecule has 140 valence electrons. The Bertz CT molecular complexity index is 1230. The summed E-state index contributed by atoms with van der Waals surface area (Å²) in [5, 5.41) is 9.03. The van der Waals surface area contributed by atoms with Gasteiger partial charge in [-0.1, -0.05) is 18.7 Å². The normalized spacial score (nSPS) is 11.7. The van der Waals surface area contributed by atoms with Gasteiger partial charge < -0.3 is 21.0 Å². The Labute approximate surface area is 161 Å². The Kier molecular flexibility index (Phi) is 4.33. The Morgan fingerprint density at radius 1 is 1.14 bits per heavy atom. The number of hydrazone groups is 1. The van der Waals surface area contributed by atoms with Gasteiger partial charge in [-0.2, -0.15) is 5.10 Å². The summed E-state index contributed by atoms with van der Waals surface area (Å²) in [6, 6.07) is 15.3. The van der Waals surface area contributed by atoms with Crippen molar-refractivity contribution < 1.29 is 4.79 Å². The number of aromatic amines is 2. The zero-order chi connectivity index (χ0) is 19.7. The van der Waals surface area contributed by atoms with Gasteiger partial charge in [0.15, 0.2) is 0 Å². The maximum atomic E-state index is 12.7. The second-order valence-corrected chi connectivity index (χ2v) is 6.52. The van der Waals surface area contributed by atoms with E-state index in [1.807, 2.05) is 61.7 Å². The third-order valence-electron chi connectivity index (χ3n) is 4.49. The number of benzene rings is 2. The molecule has 0 spiro atoms. The highest BCUT2D eigenvalue weighted by Gasteiger charge is 2.12. The van der Waals surface area contributed by atoms with E-state index in [4.69, 9.17) is 5.73 Å². The molecule has 7 nitrogen and oxygen atoms in total. The van der Waals surface area contributed by atoms with E-state index in [0.717, 1.165) is 38.8 Å². The van der Waals surface area contributed by atoms with Crippen molar-refractivity contribution in [2.45, 2.75) is 6.92 Å². The van der Waals surface area contributed by atoms with E-state index in [2.05, 4.69) is 32.4 Å². The fourth-order valence-corrected chi connectivity index (χ4v) is 3.08. The van der Waals surface area contributed by atoms with E-state index >= 15 is 0 Å². The third-order valence-corrected chi connectivity index (χ3v) is 4.49. The first-order chi connectivity index (χ1) is 13.5. The van der Waals surface area contributed by atoms with Crippen LogP contribution in [0.15, 0.2) is 72.2 Å². The summed E-state index contributed by atoms with van der Waals surface area (Å²) in [6.07, 6.45) is 1.85. The van der Waals surface area contributed by atoms with Crippen molar-refractivity contribution in [2.75, 3.05) is 5.32 Å². The van der Waals surface area contributed by atoms with Crippen LogP contribution in [0, 0.1) is 0 Å². The SMILES string of the molecule is C=C(N)N/N=C(/C)c1ccc2[nH]c(C(=O)Nc3cccc4[nH]ccc34)cc2c1. The van der Waals surface area contributed by atoms with Crippen LogP contribution < -0.4 is 16.5 Å². The van der Waals surface area contributed by atoms with Crippen molar-refractivity contribution in [3.63, 3.8) is 0 Å². The van der Waals surface area contributed by atoms with Crippen molar-refractivity contribution in [1.29, 1.82) is 0 Å². The lowest BCUT2D eigenvalue weighted by molar-refractivity contribution is 0.102. The average Bonchev–Trinajstić information content (AvgIpc) is 3.32. The second-order valence-electron chi connectivity index (χ2n) is 6.52. The molecule has 0 saturated carbocycles. The van der Waals surface area contributed by atoms with Crippen molar-refractivity contribution in [3.8, 4) is 0 Å². The minimum Gasteiger partial charge on any atom is -0.385 e. The monoisotopic (exact) mass is 372 g/mol. The summed E-state index contributed by atoms with van der Waals surface area (Å²) in [5.41, 5.74) is 12.9. The fraction of sp³-hybridized carbons (Fsp3) is 0.0476. The quantitative estimate of drug-likeness (QED) is 0.272. The molecule has 0 aliphatic carbocycles. The van der Waals surface area contributed by atoms with Crippen LogP contribution in [-0.4, -0.2) is 21.6 Å². The first-order valence-corrected chi connectivity index (χ1v) is 8.76. The van der Waals surface area contributed by atoms with Gasteiger partial charge in [0.05, 0.1) is 11.4 Å². The number of carbonyl (C=O) groups is 1. The second kappa shape index (κ2) is 6.96. The molecule has 28 heavy (non-hydrogen) atoms. The molecule has 4 aromatic rings. The highest BCUT2D eigenvalue weighted by molar-refractivity contribution is 6.10. The fourth-order valence-electron chi connectivity index (χ4n) is 3.08. The van der Waals surface area contributed by atoms with Crippen LogP contribution in [0.2, 0.25) is 0 Å². The van der Waals surface area contributed by atoms with Crippen LogP contribution in [0.3, 0.4) is 0 Å². The molecule has 0 saturated heterocycles. The summed E-state index contributed by atoms with van der Waals surface area (Å²) in [7, 11) is 0. The van der Waals surface area contributed by atoms with Gasteiger partial charge in [-0.05, 0) is 48.9 Å². The third kappa shape index (κ3) is 3.33. The number of anilines is 1. The number of nitrogens with zero attached hydrogens (tertiary/aromatic N) is 1. The first kappa shape index (κ1) is 17.4. The number of carbonyl (C=O) groups excluding carboxylic acids is 1. The van der Waals surface area contributed by atoms with Gasteiger partial charge in [0.2, 0.25) is 0 Å². The number of amides is 1. The van der Waals surface area contributed by atoms with E-state index in [1.165, 1.54) is 0 Å². The summed E-state index contributed by atoms with van der Waals surface area (Å²) in [6.45, 7) is 5.42. The van der Waals surface area contributed by atoms with Gasteiger partial charge in [0.25, 0.3) is 5.91 Å². The maximum Gasteiger partial charge on any atom is 0.272 e. The minimum atomic E-state index is -0.196. The lowest BCUT2D eigenvalue weighted by atomic mass is 10.1. The summed E-state index contributed by atoms with van der Waals surface area (Å²) in [4.78, 5) is 19.0. The van der Waals surface area contributed by atoms with Crippen molar-refractivity contribution in [3.05, 3.63) is 78.4 Å². The van der Waals surface area contributed by atoms with Crippen LogP contribution >= 0.6 is 0 Å². The van der Waals surface area contributed by atoms with Gasteiger partial charge in [-0.15, -0.1) is 0 Å². The number of rotatable bonds is 5. The number of H-pyrrole nitrogens is 2. The van der Waals surface area contributed by atoms with Gasteiger partial charge in [0.1, 0.15) is 11.5 Å². The molecule has 0 aliphatic heterocycles. The van der Waals surface area contributed by atoms with Crippen LogP contribution in [-0.2, 0) is 0 Å². The number of hydrogen-bond acceptors (Lipinski definition) is 4. The Morgan fingerprint density at radius 2 is 2.00 bits per heavy atom. The Balaban J connectivity index is 1.60. The molecular weight excluding hydrogens is 352 g/mol. The maximum absolute atomic E-state index is 12.7. The van der Waals surface area contributed by atoms with E-state index in [9.17, 15) is 4.79 Å². The summed E-state index contributed by atoms with van der Waals surface area (Å²) < 4.78 is 0. The predicted molar refractivity (Wildman–Crippen MR) is 113 cm³/mol. The molecule has 0 bridgehead atoms. The Hall–Kier alpha value is -4.00. The summed E-state index contributed by atoms with van der Waals surface area (Å²) in [5.74, 6) is 0.0800. The number of aromatic nitrogens is 2. The number of hydrogen-bond donors (Lipinski definition) is 5. The van der Waals surface area contributed by atoms with Crippen LogP contribution in [0.25, 0.3) is 21.8 Å². The Morgan fingerprint density at radius 3 is 2.82 bits per heavy atom. The minimum absolute atomic E-state index is 0.196. The van der Waals surface area contributed by atoms with Gasteiger partial charge in [-0.25, -0.2) is 0 Å². The van der Waals surface area contributed by atoms with Crippen molar-refractivity contribution >= 4 is 39.1 Å². The zero-order valence-electron chi connectivity index (χ0n) is 15.3. The van der Waals surface area contributed by atoms with Crippen LogP contribution in [0.4, 0.5) is 5.69 Å². The molecule has 0 unspecified atom stereocenters. The molecule has 0 atom stereocenters. The molecule has 1 amide bonds. The van der Waals surface area contributed by atoms with Crippen LogP contribution in [0.5, 0.6) is 0 Å². The van der Waals surface area contributed by atoms with Gasteiger partial charge >= 0.3 is 0 Å². The van der Waals surface area contributed by atoms with Crippen molar-refractivity contribution in [1.82, 2.24) is 15.4 Å². The van der Waals surface area contributed by atoms with Crippen molar-refractivity contribution in [2.24, 2.45) is 10.8 Å². The molecule has 0 aliphatic rings. The molecule has 4 rings (SSSR count). The lowest BCUT2D eigenvalue weighted by Crippen LogP contribution is -2.14. The lowest BCUT2D eigenvalue weighted by Gasteiger charge is -2.05. The largest absolute Gasteiger partial charge is 0.385 e. The highest BCUT2D eigenvalue weighted by Crippen LogP contribution is 2.24. The van der Waals surface area contributed by atoms with Gasteiger partial charge in [-0.3, -0.25) is 10.2 Å². The smallest absolute Gasteiger partial charge is 0.272 e. The van der Waals surface area contributed by atoms with Gasteiger partial charge in [0, 0.05) is 28.0 Å². The molecule has 0 radical (unpaired) electrons. The number of nitrogens with one attached hydrogen (secondary N) is 4. The average molecular weight is 372 g/mol. The predicted octanol–water partition coefficient (Wildman–Crippen LogP) is 3.65. The first-order valence-electron chi connectivity index (χ1n) is 8.76. The molecule has 7 heteroatoms. The highest BCUT2D eigenvalue weighted by atomic mass is 16.1. The van der Waals surface area contributed by atoms with E-state index in [0.29, 0.717) is 5.69 Å². The van der Waals surface area contributed by atoms with Crippen LogP contribution in [0.1, 0.15) is 23.0 Å². The summed E-state index contributed by atoms with van der Waals surface area (Å²) >= 11 is 0. The molecule has 2 heterocycles. The van der Waals surface area contributed by atoms with E-state index < -0.39 is 0 Å². The molecule has 0 fully saturated rings. The molecule has 2 aromatic carbocycles. The molecule has 2 aromatic heterocycles. The topological polar surface area (TPSA) is 111 Å². The van der Waals surface area contributed by atoms with E-state index in [-0.39, 0.29) is 11.7 Å². The molecular formula is C21H20N6O. The number of fused-ring (bicyclic) bond motifs is 2.